The molecule has 0 aliphatic carbocycles. The molecule has 0 spiro atoms. The number of nitrogens with one attached hydrogen (secondary N) is 1. The highest BCUT2D eigenvalue weighted by atomic mass is 32.1. The Labute approximate surface area is 219 Å². The number of thiazole rings is 1. The van der Waals surface area contributed by atoms with Crippen molar-refractivity contribution in [3.05, 3.63) is 63.2 Å². The number of ether oxygens (including phenoxy) is 4. The lowest BCUT2D eigenvalue weighted by Crippen LogP contribution is -2.22. The molecule has 0 saturated heterocycles. The number of anilines is 1. The van der Waals surface area contributed by atoms with Crippen molar-refractivity contribution in [3.8, 4) is 11.5 Å². The van der Waals surface area contributed by atoms with Crippen LogP contribution in [-0.4, -0.2) is 47.2 Å². The molecular weight excluding hydrogens is 518 g/mol. The van der Waals surface area contributed by atoms with Gasteiger partial charge < -0.3 is 24.3 Å². The molecule has 3 aromatic heterocycles. The first kappa shape index (κ1) is 24.8. The van der Waals surface area contributed by atoms with Crippen LogP contribution in [0.3, 0.4) is 0 Å². The topological polar surface area (TPSA) is 117 Å². The van der Waals surface area contributed by atoms with Gasteiger partial charge in [0, 0.05) is 22.7 Å². The lowest BCUT2D eigenvalue weighted by atomic mass is 10.0. The number of amides is 1. The van der Waals surface area contributed by atoms with Crippen LogP contribution >= 0.6 is 22.7 Å². The second-order valence-electron chi connectivity index (χ2n) is 8.14. The predicted octanol–water partition coefficient (Wildman–Crippen LogP) is 3.99. The number of esters is 2. The zero-order valence-corrected chi connectivity index (χ0v) is 21.7. The third-order valence-corrected chi connectivity index (χ3v) is 7.43. The van der Waals surface area contributed by atoms with Crippen LogP contribution in [0.5, 0.6) is 11.5 Å². The summed E-state index contributed by atoms with van der Waals surface area (Å²) >= 11 is 2.73. The van der Waals surface area contributed by atoms with Gasteiger partial charge in [0.2, 0.25) is 6.79 Å². The molecule has 1 N–H and O–H groups in total. The molecule has 37 heavy (non-hydrogen) atoms. The monoisotopic (exact) mass is 541 g/mol. The van der Waals surface area contributed by atoms with E-state index in [0.29, 0.717) is 34.2 Å². The number of hydrogen-bond acceptors (Lipinski definition) is 10. The van der Waals surface area contributed by atoms with E-state index in [2.05, 4.69) is 10.3 Å². The predicted molar refractivity (Wildman–Crippen MR) is 137 cm³/mol. The summed E-state index contributed by atoms with van der Waals surface area (Å²) in [5.41, 5.74) is 2.51. The Balaban J connectivity index is 1.27. The van der Waals surface area contributed by atoms with Crippen LogP contribution < -0.4 is 14.8 Å². The summed E-state index contributed by atoms with van der Waals surface area (Å²) in [6.07, 6.45) is 3.97. The van der Waals surface area contributed by atoms with Crippen molar-refractivity contribution >= 4 is 50.5 Å². The van der Waals surface area contributed by atoms with Crippen LogP contribution in [0.2, 0.25) is 0 Å². The molecule has 1 amide bonds. The highest BCUT2D eigenvalue weighted by molar-refractivity contribution is 7.17. The standard InChI is InChI=1S/C25H23N3O7S2/c1-3-32-24(31)22-17(8-15-4-5-18-19(9-15)35-13-34-18)14(2)37-23(22)27-20(29)12-33-21(30)10-16-11-28-6-7-36-25(28)26-16/h4-7,9,11H,3,8,10,12-13H2,1-2H3,(H,27,29). The summed E-state index contributed by atoms with van der Waals surface area (Å²) in [6.45, 7) is 3.47. The maximum atomic E-state index is 12.9. The molecule has 5 rings (SSSR count). The van der Waals surface area contributed by atoms with Crippen LogP contribution in [0.1, 0.15) is 39.0 Å². The van der Waals surface area contributed by atoms with E-state index in [1.807, 2.05) is 41.1 Å². The molecule has 1 aliphatic heterocycles. The van der Waals surface area contributed by atoms with Crippen LogP contribution in [0.25, 0.3) is 4.96 Å². The van der Waals surface area contributed by atoms with Crippen molar-refractivity contribution in [2.24, 2.45) is 0 Å². The third kappa shape index (κ3) is 5.44. The number of thiophene rings is 1. The van der Waals surface area contributed by atoms with E-state index in [0.717, 1.165) is 21.0 Å². The highest BCUT2D eigenvalue weighted by Crippen LogP contribution is 2.37. The van der Waals surface area contributed by atoms with E-state index >= 15 is 0 Å². The minimum Gasteiger partial charge on any atom is -0.462 e. The fraction of sp³-hybridized carbons (Fsp3) is 0.280. The fourth-order valence-corrected chi connectivity index (χ4v) is 5.72. The van der Waals surface area contributed by atoms with Gasteiger partial charge in [-0.15, -0.1) is 22.7 Å². The summed E-state index contributed by atoms with van der Waals surface area (Å²) in [5.74, 6) is -0.340. The minimum absolute atomic E-state index is 0.0481. The van der Waals surface area contributed by atoms with Gasteiger partial charge in [0.15, 0.2) is 23.1 Å². The number of imidazole rings is 1. The van der Waals surface area contributed by atoms with E-state index in [1.54, 1.807) is 13.1 Å². The maximum Gasteiger partial charge on any atom is 0.341 e. The molecule has 0 bridgehead atoms. The van der Waals surface area contributed by atoms with Crippen LogP contribution in [0.15, 0.2) is 36.0 Å². The smallest absolute Gasteiger partial charge is 0.341 e. The van der Waals surface area contributed by atoms with E-state index in [-0.39, 0.29) is 19.8 Å². The minimum atomic E-state index is -0.572. The quantitative estimate of drug-likeness (QED) is 0.316. The molecule has 12 heteroatoms. The number of fused-ring (bicyclic) bond motifs is 2. The second kappa shape index (κ2) is 10.6. The normalized spacial score (nSPS) is 12.1. The molecule has 0 fully saturated rings. The van der Waals surface area contributed by atoms with Crippen molar-refractivity contribution in [2.45, 2.75) is 26.7 Å². The van der Waals surface area contributed by atoms with Crippen molar-refractivity contribution in [2.75, 3.05) is 25.3 Å². The molecule has 0 radical (unpaired) electrons. The molecule has 1 aromatic carbocycles. The number of aromatic nitrogens is 2. The second-order valence-corrected chi connectivity index (χ2v) is 10.2. The van der Waals surface area contributed by atoms with E-state index in [4.69, 9.17) is 18.9 Å². The summed E-state index contributed by atoms with van der Waals surface area (Å²) in [5, 5.41) is 4.96. The number of nitrogens with zero attached hydrogens (tertiary/aromatic N) is 2. The first-order valence-electron chi connectivity index (χ1n) is 11.5. The third-order valence-electron chi connectivity index (χ3n) is 5.59. The summed E-state index contributed by atoms with van der Waals surface area (Å²) in [6, 6.07) is 5.60. The molecule has 0 atom stereocenters. The number of rotatable bonds is 9. The van der Waals surface area contributed by atoms with Crippen molar-refractivity contribution in [3.63, 3.8) is 0 Å². The van der Waals surface area contributed by atoms with Crippen LogP contribution in [0, 0.1) is 6.92 Å². The average molecular weight is 542 g/mol. The molecule has 4 aromatic rings. The molecule has 192 valence electrons. The van der Waals surface area contributed by atoms with Crippen molar-refractivity contribution in [1.29, 1.82) is 0 Å². The summed E-state index contributed by atoms with van der Waals surface area (Å²) < 4.78 is 23.1. The van der Waals surface area contributed by atoms with Crippen LogP contribution in [0.4, 0.5) is 5.00 Å². The van der Waals surface area contributed by atoms with Gasteiger partial charge in [-0.2, -0.15) is 0 Å². The van der Waals surface area contributed by atoms with Crippen LogP contribution in [-0.2, 0) is 31.9 Å². The zero-order chi connectivity index (χ0) is 25.9. The maximum absolute atomic E-state index is 12.9. The molecule has 0 unspecified atom stereocenters. The lowest BCUT2D eigenvalue weighted by molar-refractivity contribution is -0.146. The van der Waals surface area contributed by atoms with Gasteiger partial charge in [-0.05, 0) is 43.5 Å². The lowest BCUT2D eigenvalue weighted by Gasteiger charge is -2.10. The summed E-state index contributed by atoms with van der Waals surface area (Å²) in [7, 11) is 0. The number of carbonyl (C=O) groups is 3. The Bertz CT molecular complexity index is 1460. The number of hydrogen-bond donors (Lipinski definition) is 1. The van der Waals surface area contributed by atoms with Crippen molar-refractivity contribution in [1.82, 2.24) is 9.38 Å². The van der Waals surface area contributed by atoms with Gasteiger partial charge in [-0.1, -0.05) is 6.07 Å². The van der Waals surface area contributed by atoms with Gasteiger partial charge in [0.05, 0.1) is 24.3 Å². The Morgan fingerprint density at radius 1 is 1.19 bits per heavy atom. The Kier molecular flexibility index (Phi) is 7.10. The highest BCUT2D eigenvalue weighted by Gasteiger charge is 2.25. The molecule has 0 saturated carbocycles. The molecule has 1 aliphatic rings. The fourth-order valence-electron chi connectivity index (χ4n) is 3.92. The van der Waals surface area contributed by atoms with Gasteiger partial charge in [0.1, 0.15) is 5.00 Å². The number of aryl methyl sites for hydroxylation is 1. The number of carbonyl (C=O) groups excluding carboxylic acids is 3. The first-order chi connectivity index (χ1) is 17.9. The Morgan fingerprint density at radius 3 is 2.84 bits per heavy atom. The zero-order valence-electron chi connectivity index (χ0n) is 20.1. The first-order valence-corrected chi connectivity index (χ1v) is 13.1. The largest absolute Gasteiger partial charge is 0.462 e. The van der Waals surface area contributed by atoms with E-state index in [9.17, 15) is 14.4 Å². The average Bonchev–Trinajstić information content (AvgIpc) is 3.62. The van der Waals surface area contributed by atoms with Gasteiger partial charge in [0.25, 0.3) is 5.91 Å². The van der Waals surface area contributed by atoms with Crippen molar-refractivity contribution < 1.29 is 33.3 Å². The molecule has 10 nitrogen and oxygen atoms in total. The molecular formula is C25H23N3O7S2. The van der Waals surface area contributed by atoms with E-state index < -0.39 is 24.5 Å². The SMILES string of the molecule is CCOC(=O)c1c(NC(=O)COC(=O)Cc2cn3ccsc3n2)sc(C)c1Cc1ccc2c(c1)OCO2. The molecule has 4 heterocycles. The Morgan fingerprint density at radius 2 is 2.03 bits per heavy atom. The van der Waals surface area contributed by atoms with Gasteiger partial charge in [-0.3, -0.25) is 14.0 Å². The summed E-state index contributed by atoms with van der Waals surface area (Å²) in [4.78, 5) is 43.7. The number of benzene rings is 1. The Hall–Kier alpha value is -3.90. The van der Waals surface area contributed by atoms with Gasteiger partial charge in [-0.25, -0.2) is 9.78 Å². The van der Waals surface area contributed by atoms with Gasteiger partial charge >= 0.3 is 11.9 Å². The van der Waals surface area contributed by atoms with E-state index in [1.165, 1.54) is 22.7 Å².